The summed E-state index contributed by atoms with van der Waals surface area (Å²) < 4.78 is 4.13. The summed E-state index contributed by atoms with van der Waals surface area (Å²) in [5.41, 5.74) is 2.31. The first-order chi connectivity index (χ1) is 8.58. The van der Waals surface area contributed by atoms with E-state index in [1.165, 1.54) is 24.8 Å². The van der Waals surface area contributed by atoms with Crippen LogP contribution in [0.5, 0.6) is 0 Å². The Morgan fingerprint density at radius 3 is 2.83 bits per heavy atom. The molecule has 0 saturated heterocycles. The van der Waals surface area contributed by atoms with E-state index in [0.717, 1.165) is 27.2 Å². The van der Waals surface area contributed by atoms with Crippen LogP contribution in [0.25, 0.3) is 11.0 Å². The second-order valence-electron chi connectivity index (χ2n) is 5.13. The Kier molecular flexibility index (Phi) is 4.62. The monoisotopic (exact) mass is 326 g/mol. The van der Waals surface area contributed by atoms with Crippen molar-refractivity contribution in [2.75, 3.05) is 0 Å². The predicted molar refractivity (Wildman–Crippen MR) is 83.5 cm³/mol. The summed E-state index contributed by atoms with van der Waals surface area (Å²) in [6.45, 7) is 5.55. The van der Waals surface area contributed by atoms with Gasteiger partial charge in [-0.1, -0.05) is 42.6 Å². The van der Waals surface area contributed by atoms with Crippen molar-refractivity contribution in [3.05, 3.63) is 27.4 Å². The van der Waals surface area contributed by atoms with Crippen LogP contribution in [0.15, 0.2) is 22.7 Å². The second-order valence-corrected chi connectivity index (χ2v) is 6.44. The number of unbranched alkanes of at least 4 members (excludes halogenated alkanes) is 1. The number of benzene rings is 1. The zero-order valence-corrected chi connectivity index (χ0v) is 13.3. The first-order valence-electron chi connectivity index (χ1n) is 6.46. The van der Waals surface area contributed by atoms with Crippen molar-refractivity contribution in [2.45, 2.75) is 39.7 Å². The molecule has 0 radical (unpaired) electrons. The number of rotatable bonds is 5. The molecule has 0 amide bonds. The lowest BCUT2D eigenvalue weighted by Gasteiger charge is -2.06. The Balaban J connectivity index is 2.14. The molecular weight excluding hydrogens is 308 g/mol. The van der Waals surface area contributed by atoms with E-state index in [2.05, 4.69) is 51.5 Å². The fourth-order valence-corrected chi connectivity index (χ4v) is 2.82. The van der Waals surface area contributed by atoms with Crippen molar-refractivity contribution in [2.24, 2.45) is 5.92 Å². The molecule has 2 rings (SSSR count). The first-order valence-corrected chi connectivity index (χ1v) is 7.66. The zero-order chi connectivity index (χ0) is 13.1. The number of imidazole rings is 1. The van der Waals surface area contributed by atoms with Crippen LogP contribution in [0.3, 0.4) is 0 Å². The Morgan fingerprint density at radius 2 is 2.11 bits per heavy atom. The Hall–Kier alpha value is -0.610. The van der Waals surface area contributed by atoms with Gasteiger partial charge in [0.2, 0.25) is 0 Å². The van der Waals surface area contributed by atoms with Crippen molar-refractivity contribution in [3.8, 4) is 0 Å². The van der Waals surface area contributed by atoms with Crippen LogP contribution in [0.4, 0.5) is 0 Å². The lowest BCUT2D eigenvalue weighted by atomic mass is 10.1. The van der Waals surface area contributed by atoms with Gasteiger partial charge >= 0.3 is 0 Å². The summed E-state index contributed by atoms with van der Waals surface area (Å²) in [5.74, 6) is 0.787. The average molecular weight is 327 g/mol. The van der Waals surface area contributed by atoms with Crippen LogP contribution in [0, 0.1) is 10.7 Å². The van der Waals surface area contributed by atoms with Crippen LogP contribution in [0.2, 0.25) is 0 Å². The van der Waals surface area contributed by atoms with Gasteiger partial charge in [-0.05, 0) is 42.8 Å². The predicted octanol–water partition coefficient (Wildman–Crippen LogP) is 5.29. The number of fused-ring (bicyclic) bond motifs is 1. The molecule has 0 fully saturated rings. The van der Waals surface area contributed by atoms with Gasteiger partial charge in [-0.2, -0.15) is 0 Å². The van der Waals surface area contributed by atoms with Gasteiger partial charge in [0.25, 0.3) is 0 Å². The molecule has 1 heterocycles. The standard InChI is InChI=1S/C14H19BrN2S/c1-10(2)5-3-4-8-17-13-9-11(15)6-7-12(13)16-14(17)18/h6-7,9-10H,3-5,8H2,1-2H3,(H,16,18). The van der Waals surface area contributed by atoms with Crippen molar-refractivity contribution in [1.29, 1.82) is 0 Å². The van der Waals surface area contributed by atoms with Gasteiger partial charge in [0, 0.05) is 11.0 Å². The number of nitrogens with zero attached hydrogens (tertiary/aromatic N) is 1. The fourth-order valence-electron chi connectivity index (χ4n) is 2.17. The highest BCUT2D eigenvalue weighted by Gasteiger charge is 2.04. The summed E-state index contributed by atoms with van der Waals surface area (Å²) in [6, 6.07) is 6.24. The van der Waals surface area contributed by atoms with Crippen molar-refractivity contribution in [3.63, 3.8) is 0 Å². The molecule has 1 aromatic heterocycles. The lowest BCUT2D eigenvalue weighted by Crippen LogP contribution is -1.99. The van der Waals surface area contributed by atoms with Gasteiger partial charge in [-0.25, -0.2) is 0 Å². The van der Waals surface area contributed by atoms with Gasteiger partial charge < -0.3 is 9.55 Å². The first kappa shape index (κ1) is 13.8. The quantitative estimate of drug-likeness (QED) is 0.585. The molecule has 1 aromatic carbocycles. The summed E-state index contributed by atoms with van der Waals surface area (Å²) >= 11 is 8.90. The molecule has 0 aliphatic rings. The number of aryl methyl sites for hydroxylation is 1. The largest absolute Gasteiger partial charge is 0.331 e. The molecule has 0 atom stereocenters. The minimum atomic E-state index is 0.787. The second kappa shape index (κ2) is 6.02. The molecule has 0 unspecified atom stereocenters. The van der Waals surface area contributed by atoms with E-state index in [9.17, 15) is 0 Å². The molecule has 98 valence electrons. The summed E-state index contributed by atoms with van der Waals surface area (Å²) in [6.07, 6.45) is 3.74. The van der Waals surface area contributed by atoms with E-state index in [0.29, 0.717) is 0 Å². The minimum absolute atomic E-state index is 0.787. The maximum atomic E-state index is 5.39. The highest BCUT2D eigenvalue weighted by molar-refractivity contribution is 9.10. The molecule has 2 aromatic rings. The van der Waals surface area contributed by atoms with Crippen molar-refractivity contribution in [1.82, 2.24) is 9.55 Å². The van der Waals surface area contributed by atoms with Crippen LogP contribution in [0.1, 0.15) is 33.1 Å². The normalized spacial score (nSPS) is 11.6. The number of aromatic amines is 1. The average Bonchev–Trinajstić information content (AvgIpc) is 2.60. The third kappa shape index (κ3) is 3.23. The smallest absolute Gasteiger partial charge is 0.178 e. The van der Waals surface area contributed by atoms with E-state index in [1.54, 1.807) is 0 Å². The maximum absolute atomic E-state index is 5.39. The topological polar surface area (TPSA) is 20.7 Å². The Morgan fingerprint density at radius 1 is 1.33 bits per heavy atom. The minimum Gasteiger partial charge on any atom is -0.331 e. The Bertz CT molecular complexity index is 583. The van der Waals surface area contributed by atoms with Crippen LogP contribution >= 0.6 is 28.1 Å². The number of hydrogen-bond acceptors (Lipinski definition) is 1. The summed E-state index contributed by atoms with van der Waals surface area (Å²) in [4.78, 5) is 3.26. The van der Waals surface area contributed by atoms with Gasteiger partial charge in [0.15, 0.2) is 4.77 Å². The number of hydrogen-bond donors (Lipinski definition) is 1. The van der Waals surface area contributed by atoms with E-state index < -0.39 is 0 Å². The highest BCUT2D eigenvalue weighted by Crippen LogP contribution is 2.20. The van der Waals surface area contributed by atoms with Gasteiger partial charge in [0.05, 0.1) is 11.0 Å². The number of halogens is 1. The molecule has 1 N–H and O–H groups in total. The van der Waals surface area contributed by atoms with Crippen molar-refractivity contribution >= 4 is 39.2 Å². The molecule has 0 saturated carbocycles. The molecule has 0 aliphatic carbocycles. The SMILES string of the molecule is CC(C)CCCCn1c(=S)[nH]c2ccc(Br)cc21. The van der Waals surface area contributed by atoms with Crippen LogP contribution in [-0.2, 0) is 6.54 Å². The third-order valence-corrected chi connectivity index (χ3v) is 3.97. The highest BCUT2D eigenvalue weighted by atomic mass is 79.9. The number of nitrogens with one attached hydrogen (secondary N) is 1. The molecule has 2 nitrogen and oxygen atoms in total. The van der Waals surface area contributed by atoms with Gasteiger partial charge in [-0.15, -0.1) is 0 Å². The summed E-state index contributed by atoms with van der Waals surface area (Å²) in [7, 11) is 0. The van der Waals surface area contributed by atoms with E-state index in [1.807, 2.05) is 6.07 Å². The molecule has 4 heteroatoms. The summed E-state index contributed by atoms with van der Waals surface area (Å²) in [5, 5.41) is 0. The lowest BCUT2D eigenvalue weighted by molar-refractivity contribution is 0.511. The zero-order valence-electron chi connectivity index (χ0n) is 10.9. The maximum Gasteiger partial charge on any atom is 0.178 e. The van der Waals surface area contributed by atoms with Crippen LogP contribution in [-0.4, -0.2) is 9.55 Å². The van der Waals surface area contributed by atoms with Crippen LogP contribution < -0.4 is 0 Å². The fraction of sp³-hybridized carbons (Fsp3) is 0.500. The molecule has 0 aliphatic heterocycles. The number of aromatic nitrogens is 2. The number of H-pyrrole nitrogens is 1. The molecule has 0 bridgehead atoms. The molecule has 18 heavy (non-hydrogen) atoms. The molecular formula is C14H19BrN2S. The van der Waals surface area contributed by atoms with Gasteiger partial charge in [-0.3, -0.25) is 0 Å². The molecule has 0 spiro atoms. The van der Waals surface area contributed by atoms with Crippen molar-refractivity contribution < 1.29 is 0 Å². The third-order valence-electron chi connectivity index (χ3n) is 3.15. The Labute approximate surface area is 122 Å². The van der Waals surface area contributed by atoms with E-state index in [-0.39, 0.29) is 0 Å². The van der Waals surface area contributed by atoms with Gasteiger partial charge in [0.1, 0.15) is 0 Å². The van der Waals surface area contributed by atoms with E-state index in [4.69, 9.17) is 12.2 Å². The van der Waals surface area contributed by atoms with E-state index >= 15 is 0 Å².